The Morgan fingerprint density at radius 1 is 0.857 bits per heavy atom. The van der Waals surface area contributed by atoms with Crippen LogP contribution in [-0.2, 0) is 13.1 Å². The van der Waals surface area contributed by atoms with Crippen LogP contribution < -0.4 is 10.6 Å². The molecule has 0 spiro atoms. The number of hydrogen-bond donors (Lipinski definition) is 2. The molecule has 0 bridgehead atoms. The van der Waals surface area contributed by atoms with Gasteiger partial charge < -0.3 is 20.4 Å². The lowest BCUT2D eigenvalue weighted by Gasteiger charge is -2.14. The molecule has 21 heavy (non-hydrogen) atoms. The zero-order valence-corrected chi connectivity index (χ0v) is 13.4. The van der Waals surface area contributed by atoms with Crippen LogP contribution in [0.15, 0.2) is 18.2 Å². The molecule has 6 nitrogen and oxygen atoms in total. The van der Waals surface area contributed by atoms with Crippen molar-refractivity contribution in [3.63, 3.8) is 0 Å². The van der Waals surface area contributed by atoms with Crippen molar-refractivity contribution in [1.29, 1.82) is 0 Å². The van der Waals surface area contributed by atoms with Crippen molar-refractivity contribution >= 4 is 12.1 Å². The van der Waals surface area contributed by atoms with Crippen molar-refractivity contribution in [2.45, 2.75) is 20.0 Å². The van der Waals surface area contributed by atoms with Gasteiger partial charge in [-0.3, -0.25) is 0 Å². The summed E-state index contributed by atoms with van der Waals surface area (Å²) in [6, 6.07) is 5.78. The number of aryl methyl sites for hydroxylation is 1. The van der Waals surface area contributed by atoms with Crippen molar-refractivity contribution in [3.05, 3.63) is 34.9 Å². The Bertz CT molecular complexity index is 470. The van der Waals surface area contributed by atoms with E-state index in [1.54, 1.807) is 28.2 Å². The molecule has 0 aliphatic heterocycles. The zero-order valence-electron chi connectivity index (χ0n) is 13.4. The molecule has 1 aromatic rings. The molecule has 116 valence electrons. The van der Waals surface area contributed by atoms with E-state index in [-0.39, 0.29) is 12.1 Å². The molecule has 0 aliphatic rings. The fourth-order valence-corrected chi connectivity index (χ4v) is 1.82. The van der Waals surface area contributed by atoms with Gasteiger partial charge in [0.2, 0.25) is 0 Å². The molecule has 1 rings (SSSR count). The molecule has 0 aromatic heterocycles. The topological polar surface area (TPSA) is 64.7 Å². The number of urea groups is 2. The summed E-state index contributed by atoms with van der Waals surface area (Å²) in [5.74, 6) is 0. The Hall–Kier alpha value is -2.24. The number of amides is 4. The summed E-state index contributed by atoms with van der Waals surface area (Å²) < 4.78 is 0. The van der Waals surface area contributed by atoms with Crippen LogP contribution >= 0.6 is 0 Å². The monoisotopic (exact) mass is 292 g/mol. The Morgan fingerprint density at radius 2 is 1.24 bits per heavy atom. The van der Waals surface area contributed by atoms with Crippen LogP contribution in [0.25, 0.3) is 0 Å². The van der Waals surface area contributed by atoms with E-state index in [0.717, 1.165) is 16.7 Å². The van der Waals surface area contributed by atoms with E-state index in [2.05, 4.69) is 10.6 Å². The molecule has 1 aromatic carbocycles. The van der Waals surface area contributed by atoms with Crippen molar-refractivity contribution in [1.82, 2.24) is 20.4 Å². The largest absolute Gasteiger partial charge is 0.334 e. The Morgan fingerprint density at radius 3 is 1.57 bits per heavy atom. The van der Waals surface area contributed by atoms with E-state index in [4.69, 9.17) is 0 Å². The molecule has 0 atom stereocenters. The maximum atomic E-state index is 11.5. The second kappa shape index (κ2) is 7.52. The van der Waals surface area contributed by atoms with Gasteiger partial charge in [-0.25, -0.2) is 9.59 Å². The first-order chi connectivity index (χ1) is 9.79. The predicted octanol–water partition coefficient (Wildman–Crippen LogP) is 1.54. The summed E-state index contributed by atoms with van der Waals surface area (Å²) >= 11 is 0. The van der Waals surface area contributed by atoms with E-state index in [1.165, 1.54) is 9.80 Å². The van der Waals surface area contributed by atoms with Gasteiger partial charge >= 0.3 is 12.1 Å². The summed E-state index contributed by atoms with van der Waals surface area (Å²) in [6.07, 6.45) is 0. The Labute approximate surface area is 126 Å². The number of hydrogen-bond acceptors (Lipinski definition) is 2. The van der Waals surface area contributed by atoms with Crippen LogP contribution in [0.5, 0.6) is 0 Å². The highest BCUT2D eigenvalue weighted by molar-refractivity contribution is 5.74. The van der Waals surface area contributed by atoms with E-state index in [9.17, 15) is 9.59 Å². The van der Waals surface area contributed by atoms with Gasteiger partial charge in [0.15, 0.2) is 0 Å². The molecule has 0 aliphatic carbocycles. The van der Waals surface area contributed by atoms with Crippen molar-refractivity contribution < 1.29 is 9.59 Å². The predicted molar refractivity (Wildman–Crippen MR) is 83.0 cm³/mol. The molecular formula is C15H24N4O2. The lowest BCUT2D eigenvalue weighted by Crippen LogP contribution is -2.34. The molecule has 2 N–H and O–H groups in total. The lowest BCUT2D eigenvalue weighted by molar-refractivity contribution is 0.216. The lowest BCUT2D eigenvalue weighted by atomic mass is 10.1. The van der Waals surface area contributed by atoms with Gasteiger partial charge in [-0.15, -0.1) is 0 Å². The quantitative estimate of drug-likeness (QED) is 0.884. The smallest absolute Gasteiger partial charge is 0.317 e. The Balaban J connectivity index is 2.67. The van der Waals surface area contributed by atoms with Gasteiger partial charge in [0, 0.05) is 41.3 Å². The van der Waals surface area contributed by atoms with Crippen LogP contribution in [0.1, 0.15) is 16.7 Å². The molecule has 0 heterocycles. The number of nitrogens with zero attached hydrogens (tertiary/aromatic N) is 2. The second-order valence-electron chi connectivity index (χ2n) is 5.43. The number of carbonyl (C=O) groups is 2. The van der Waals surface area contributed by atoms with Crippen LogP contribution in [0.2, 0.25) is 0 Å². The van der Waals surface area contributed by atoms with Gasteiger partial charge in [-0.2, -0.15) is 0 Å². The molecular weight excluding hydrogens is 268 g/mol. The molecule has 0 saturated carbocycles. The maximum absolute atomic E-state index is 11.5. The van der Waals surface area contributed by atoms with Gasteiger partial charge in [-0.1, -0.05) is 23.8 Å². The number of benzene rings is 1. The third kappa shape index (κ3) is 5.72. The van der Waals surface area contributed by atoms with Gasteiger partial charge in [0.1, 0.15) is 0 Å². The highest BCUT2D eigenvalue weighted by atomic mass is 16.2. The normalized spacial score (nSPS) is 9.95. The van der Waals surface area contributed by atoms with Crippen molar-refractivity contribution in [2.75, 3.05) is 28.2 Å². The second-order valence-corrected chi connectivity index (χ2v) is 5.43. The average molecular weight is 292 g/mol. The zero-order chi connectivity index (χ0) is 16.0. The third-order valence-corrected chi connectivity index (χ3v) is 2.90. The van der Waals surface area contributed by atoms with Crippen molar-refractivity contribution in [3.8, 4) is 0 Å². The number of nitrogens with one attached hydrogen (secondary N) is 2. The van der Waals surface area contributed by atoms with Crippen LogP contribution in [0.3, 0.4) is 0 Å². The number of carbonyl (C=O) groups excluding carboxylic acids is 2. The van der Waals surface area contributed by atoms with E-state index < -0.39 is 0 Å². The van der Waals surface area contributed by atoms with Gasteiger partial charge in [0.25, 0.3) is 0 Å². The summed E-state index contributed by atoms with van der Waals surface area (Å²) in [6.45, 7) is 2.93. The highest BCUT2D eigenvalue weighted by Crippen LogP contribution is 2.10. The summed E-state index contributed by atoms with van der Waals surface area (Å²) in [7, 11) is 6.81. The maximum Gasteiger partial charge on any atom is 0.317 e. The van der Waals surface area contributed by atoms with Gasteiger partial charge in [-0.05, 0) is 18.1 Å². The average Bonchev–Trinajstić information content (AvgIpc) is 2.41. The summed E-state index contributed by atoms with van der Waals surface area (Å²) in [5, 5.41) is 5.65. The van der Waals surface area contributed by atoms with Crippen LogP contribution in [0, 0.1) is 6.92 Å². The fraction of sp³-hybridized carbons (Fsp3) is 0.467. The first-order valence-electron chi connectivity index (χ1n) is 6.79. The fourth-order valence-electron chi connectivity index (χ4n) is 1.82. The minimum absolute atomic E-state index is 0.126. The number of rotatable bonds is 4. The standard InChI is InChI=1S/C15H24N4O2/c1-11-6-12(9-16-14(20)18(2)3)8-13(7-11)10-17-15(21)19(4)5/h6-8H,9-10H2,1-5H3,(H,16,20)(H,17,21). The first kappa shape index (κ1) is 16.8. The molecule has 6 heteroatoms. The molecule has 0 radical (unpaired) electrons. The molecule has 0 fully saturated rings. The van der Waals surface area contributed by atoms with E-state index in [1.807, 2.05) is 25.1 Å². The molecule has 0 unspecified atom stereocenters. The molecule has 4 amide bonds. The van der Waals surface area contributed by atoms with Crippen LogP contribution in [-0.4, -0.2) is 50.1 Å². The van der Waals surface area contributed by atoms with Crippen molar-refractivity contribution in [2.24, 2.45) is 0 Å². The summed E-state index contributed by atoms with van der Waals surface area (Å²) in [5.41, 5.74) is 3.12. The molecule has 0 saturated heterocycles. The van der Waals surface area contributed by atoms with Crippen LogP contribution in [0.4, 0.5) is 9.59 Å². The SMILES string of the molecule is Cc1cc(CNC(=O)N(C)C)cc(CNC(=O)N(C)C)c1. The minimum Gasteiger partial charge on any atom is -0.334 e. The van der Waals surface area contributed by atoms with E-state index >= 15 is 0 Å². The minimum atomic E-state index is -0.126. The summed E-state index contributed by atoms with van der Waals surface area (Å²) in [4.78, 5) is 26.0. The highest BCUT2D eigenvalue weighted by Gasteiger charge is 2.06. The first-order valence-corrected chi connectivity index (χ1v) is 6.79. The third-order valence-electron chi connectivity index (χ3n) is 2.90. The van der Waals surface area contributed by atoms with E-state index in [0.29, 0.717) is 13.1 Å². The Kier molecular flexibility index (Phi) is 6.02. The van der Waals surface area contributed by atoms with Gasteiger partial charge in [0.05, 0.1) is 0 Å².